The largest absolute Gasteiger partial charge is 0.390 e. The summed E-state index contributed by atoms with van der Waals surface area (Å²) in [4.78, 5) is 12.7. The molecule has 0 spiro atoms. The summed E-state index contributed by atoms with van der Waals surface area (Å²) in [6.07, 6.45) is 0.851. The normalized spacial score (nSPS) is 15.9. The van der Waals surface area contributed by atoms with E-state index >= 15 is 0 Å². The molecule has 3 N–H and O–H groups in total. The van der Waals surface area contributed by atoms with Crippen molar-refractivity contribution >= 4 is 22.1 Å². The summed E-state index contributed by atoms with van der Waals surface area (Å²) in [6, 6.07) is 0. The van der Waals surface area contributed by atoms with E-state index in [0.717, 1.165) is 34.0 Å². The first-order valence-corrected chi connectivity index (χ1v) is 5.19. The molecule has 0 amide bonds. The molecule has 0 atom stereocenters. The van der Waals surface area contributed by atoms with Gasteiger partial charge in [-0.3, -0.25) is 4.79 Å². The van der Waals surface area contributed by atoms with E-state index < -0.39 is 0 Å². The number of carbonyl (C=O) groups excluding carboxylic acids is 1. The highest BCUT2D eigenvalue weighted by Crippen LogP contribution is 2.33. The fourth-order valence-corrected chi connectivity index (χ4v) is 2.86. The van der Waals surface area contributed by atoms with Gasteiger partial charge in [0, 0.05) is 17.0 Å². The lowest BCUT2D eigenvalue weighted by Crippen LogP contribution is -2.29. The summed E-state index contributed by atoms with van der Waals surface area (Å²) in [5.41, 5.74) is 7.77. The molecule has 1 aromatic heterocycles. The predicted octanol–water partition coefficient (Wildman–Crippen LogP) is 1.18. The lowest BCUT2D eigenvalue weighted by Gasteiger charge is -2.12. The van der Waals surface area contributed by atoms with E-state index in [1.807, 2.05) is 6.92 Å². The standard InChI is InChI=1S/C9H12N2OS/c1-2-5-8-6(12)3-11-4-7(8)13-9(5)10/h11H,2-4,10H2,1H3. The number of fused-ring (bicyclic) bond motifs is 1. The highest BCUT2D eigenvalue weighted by molar-refractivity contribution is 7.16. The molecule has 1 aliphatic heterocycles. The number of nitrogens with two attached hydrogens (primary N) is 1. The third-order valence-electron chi connectivity index (χ3n) is 2.31. The summed E-state index contributed by atoms with van der Waals surface area (Å²) in [6.45, 7) is 3.28. The van der Waals surface area contributed by atoms with Crippen molar-refractivity contribution in [2.45, 2.75) is 19.9 Å². The number of thiophene rings is 1. The first-order chi connectivity index (χ1) is 6.24. The van der Waals surface area contributed by atoms with Gasteiger partial charge in [-0.25, -0.2) is 0 Å². The second kappa shape index (κ2) is 3.12. The molecule has 0 aromatic carbocycles. The number of anilines is 1. The number of carbonyl (C=O) groups is 1. The van der Waals surface area contributed by atoms with Crippen LogP contribution in [0, 0.1) is 0 Å². The van der Waals surface area contributed by atoms with Gasteiger partial charge < -0.3 is 11.1 Å². The number of ketones is 1. The minimum absolute atomic E-state index is 0.186. The molecule has 0 fully saturated rings. The van der Waals surface area contributed by atoms with Crippen LogP contribution in [0.5, 0.6) is 0 Å². The van der Waals surface area contributed by atoms with E-state index in [1.165, 1.54) is 11.3 Å². The Morgan fingerprint density at radius 2 is 2.31 bits per heavy atom. The van der Waals surface area contributed by atoms with Crippen molar-refractivity contribution < 1.29 is 4.79 Å². The van der Waals surface area contributed by atoms with Gasteiger partial charge in [0.2, 0.25) is 0 Å². The minimum atomic E-state index is 0.186. The van der Waals surface area contributed by atoms with Gasteiger partial charge in [-0.2, -0.15) is 0 Å². The molecule has 1 aromatic rings. The van der Waals surface area contributed by atoms with E-state index in [1.54, 1.807) is 0 Å². The van der Waals surface area contributed by atoms with Crippen molar-refractivity contribution in [3.63, 3.8) is 0 Å². The van der Waals surface area contributed by atoms with E-state index in [2.05, 4.69) is 5.32 Å². The van der Waals surface area contributed by atoms with Crippen LogP contribution in [0.2, 0.25) is 0 Å². The lowest BCUT2D eigenvalue weighted by molar-refractivity contribution is 0.0982. The summed E-state index contributed by atoms with van der Waals surface area (Å²) >= 11 is 1.54. The van der Waals surface area contributed by atoms with Crippen molar-refractivity contribution in [2.24, 2.45) is 0 Å². The number of rotatable bonds is 1. The monoisotopic (exact) mass is 196 g/mol. The molecule has 0 radical (unpaired) electrons. The van der Waals surface area contributed by atoms with Gasteiger partial charge in [0.25, 0.3) is 0 Å². The number of Topliss-reactive ketones (excluding diaryl/α,β-unsaturated/α-hetero) is 1. The quantitative estimate of drug-likeness (QED) is 0.709. The van der Waals surface area contributed by atoms with Crippen LogP contribution in [-0.4, -0.2) is 12.3 Å². The Morgan fingerprint density at radius 1 is 1.54 bits per heavy atom. The second-order valence-corrected chi connectivity index (χ2v) is 4.26. The number of nitrogens with one attached hydrogen (secondary N) is 1. The highest BCUT2D eigenvalue weighted by atomic mass is 32.1. The molecule has 3 nitrogen and oxygen atoms in total. The van der Waals surface area contributed by atoms with Crippen LogP contribution in [0.3, 0.4) is 0 Å². The zero-order valence-electron chi connectivity index (χ0n) is 7.52. The summed E-state index contributed by atoms with van der Waals surface area (Å²) in [5.74, 6) is 0.186. The van der Waals surface area contributed by atoms with Crippen molar-refractivity contribution in [1.29, 1.82) is 0 Å². The molecular formula is C9H12N2OS. The number of hydrogen-bond acceptors (Lipinski definition) is 4. The van der Waals surface area contributed by atoms with Gasteiger partial charge in [-0.1, -0.05) is 6.92 Å². The van der Waals surface area contributed by atoms with Crippen molar-refractivity contribution in [2.75, 3.05) is 12.3 Å². The molecule has 0 unspecified atom stereocenters. The molecular weight excluding hydrogens is 184 g/mol. The molecule has 1 aliphatic rings. The molecule has 0 aliphatic carbocycles. The van der Waals surface area contributed by atoms with Crippen LogP contribution in [0.25, 0.3) is 0 Å². The van der Waals surface area contributed by atoms with Crippen LogP contribution in [0.15, 0.2) is 0 Å². The van der Waals surface area contributed by atoms with Gasteiger partial charge in [0.1, 0.15) is 0 Å². The maximum absolute atomic E-state index is 11.6. The Hall–Kier alpha value is -0.870. The highest BCUT2D eigenvalue weighted by Gasteiger charge is 2.23. The SMILES string of the molecule is CCc1c(N)sc2c1C(=O)CNC2. The third-order valence-corrected chi connectivity index (χ3v) is 3.38. The van der Waals surface area contributed by atoms with Gasteiger partial charge in [0.05, 0.1) is 11.5 Å². The fourth-order valence-electron chi connectivity index (χ4n) is 1.71. The minimum Gasteiger partial charge on any atom is -0.390 e. The van der Waals surface area contributed by atoms with Crippen molar-refractivity contribution in [3.8, 4) is 0 Å². The first-order valence-electron chi connectivity index (χ1n) is 4.38. The Bertz CT molecular complexity index is 357. The van der Waals surface area contributed by atoms with Crippen LogP contribution >= 0.6 is 11.3 Å². The van der Waals surface area contributed by atoms with Gasteiger partial charge in [-0.15, -0.1) is 11.3 Å². The zero-order valence-corrected chi connectivity index (χ0v) is 8.33. The molecule has 2 heterocycles. The van der Waals surface area contributed by atoms with Crippen molar-refractivity contribution in [1.82, 2.24) is 5.32 Å². The molecule has 4 heteroatoms. The van der Waals surface area contributed by atoms with E-state index in [-0.39, 0.29) is 5.78 Å². The molecule has 0 bridgehead atoms. The van der Waals surface area contributed by atoms with Crippen LogP contribution in [0.1, 0.15) is 27.7 Å². The second-order valence-electron chi connectivity index (χ2n) is 3.12. The Morgan fingerprint density at radius 3 is 3.00 bits per heavy atom. The van der Waals surface area contributed by atoms with E-state index in [9.17, 15) is 4.79 Å². The number of nitrogen functional groups attached to an aromatic ring is 1. The van der Waals surface area contributed by atoms with Gasteiger partial charge in [0.15, 0.2) is 5.78 Å². The first kappa shape index (κ1) is 8.72. The van der Waals surface area contributed by atoms with Crippen LogP contribution in [-0.2, 0) is 13.0 Å². The molecule has 0 saturated heterocycles. The van der Waals surface area contributed by atoms with Crippen LogP contribution < -0.4 is 11.1 Å². The van der Waals surface area contributed by atoms with Crippen molar-refractivity contribution in [3.05, 3.63) is 16.0 Å². The predicted molar refractivity (Wildman–Crippen MR) is 54.1 cm³/mol. The van der Waals surface area contributed by atoms with Crippen LogP contribution in [0.4, 0.5) is 5.00 Å². The average molecular weight is 196 g/mol. The summed E-state index contributed by atoms with van der Waals surface area (Å²) < 4.78 is 0. The summed E-state index contributed by atoms with van der Waals surface area (Å²) in [5, 5.41) is 3.87. The Kier molecular flexibility index (Phi) is 2.09. The Balaban J connectivity index is 2.58. The summed E-state index contributed by atoms with van der Waals surface area (Å²) in [7, 11) is 0. The maximum Gasteiger partial charge on any atom is 0.178 e. The topological polar surface area (TPSA) is 55.1 Å². The van der Waals surface area contributed by atoms with Gasteiger partial charge in [-0.05, 0) is 12.0 Å². The molecule has 13 heavy (non-hydrogen) atoms. The molecule has 2 rings (SSSR count). The average Bonchev–Trinajstić information content (AvgIpc) is 2.42. The maximum atomic E-state index is 11.6. The molecule has 0 saturated carbocycles. The Labute approximate surface area is 80.9 Å². The van der Waals surface area contributed by atoms with Gasteiger partial charge >= 0.3 is 0 Å². The third kappa shape index (κ3) is 1.26. The number of hydrogen-bond donors (Lipinski definition) is 2. The van der Waals surface area contributed by atoms with E-state index in [0.29, 0.717) is 6.54 Å². The fraction of sp³-hybridized carbons (Fsp3) is 0.444. The zero-order chi connectivity index (χ0) is 9.42. The van der Waals surface area contributed by atoms with E-state index in [4.69, 9.17) is 5.73 Å². The molecule has 70 valence electrons. The lowest BCUT2D eigenvalue weighted by atomic mass is 10.0. The smallest absolute Gasteiger partial charge is 0.178 e.